The number of ether oxygens (including phenoxy) is 2. The summed E-state index contributed by atoms with van der Waals surface area (Å²) in [5, 5.41) is 76.9. The molecule has 2 aromatic carbocycles. The van der Waals surface area contributed by atoms with Crippen molar-refractivity contribution >= 4 is 69.5 Å². The molecule has 7 rings (SSSR count). The monoisotopic (exact) mass is 1060 g/mol. The Labute approximate surface area is 454 Å². The number of anilines is 5. The van der Waals surface area contributed by atoms with E-state index >= 15 is 0 Å². The minimum atomic E-state index is -0.716. The summed E-state index contributed by atoms with van der Waals surface area (Å²) in [5.41, 5.74) is 8.20. The molecule has 7 aromatic rings. The molecule has 0 spiro atoms. The first-order valence-corrected chi connectivity index (χ1v) is 23.9. The van der Waals surface area contributed by atoms with Gasteiger partial charge < -0.3 is 30.7 Å². The number of esters is 1. The number of nitrogens with one attached hydrogen (secondary N) is 4. The minimum absolute atomic E-state index is 0.0308. The second-order valence-electron chi connectivity index (χ2n) is 17.3. The second-order valence-corrected chi connectivity index (χ2v) is 17.3. The van der Waals surface area contributed by atoms with Gasteiger partial charge >= 0.3 is 5.97 Å². The Balaban J connectivity index is 0.000000257. The second kappa shape index (κ2) is 26.5. The van der Waals surface area contributed by atoms with E-state index < -0.39 is 17.7 Å². The molecule has 5 heterocycles. The number of rotatable bonds is 19. The SMILES string of the molecule is C=CC(=O)OCCNc1nc(Nc2c(C)cc(C)cc2C)c(C#N)c(C)c1N=Nc1nn(-c2ccncn2)cc1C#N.COCC(C)Nc1nc(C)c(C#N)c(C)c1N=Nc1nn(-c2ccc(NC(=O)C(C)=O)cc2)cc1C#N. The van der Waals surface area contributed by atoms with Crippen molar-refractivity contribution in [3.8, 4) is 35.8 Å². The van der Waals surface area contributed by atoms with E-state index in [1.165, 1.54) is 35.0 Å². The van der Waals surface area contributed by atoms with Crippen LogP contribution in [0.25, 0.3) is 11.5 Å². The van der Waals surface area contributed by atoms with E-state index in [9.17, 15) is 35.4 Å². The zero-order chi connectivity index (χ0) is 57.3. The summed E-state index contributed by atoms with van der Waals surface area (Å²) in [6.45, 7) is 18.3. The number of pyridine rings is 2. The van der Waals surface area contributed by atoms with Crippen molar-refractivity contribution < 1.29 is 23.9 Å². The fourth-order valence-electron chi connectivity index (χ4n) is 7.61. The van der Waals surface area contributed by atoms with E-state index in [4.69, 9.17) is 9.47 Å². The van der Waals surface area contributed by atoms with Crippen molar-refractivity contribution in [1.82, 2.24) is 39.5 Å². The van der Waals surface area contributed by atoms with E-state index in [0.29, 0.717) is 63.5 Å². The van der Waals surface area contributed by atoms with Crippen LogP contribution in [0.5, 0.6) is 0 Å². The number of aromatic nitrogens is 8. The molecule has 0 saturated carbocycles. The van der Waals surface area contributed by atoms with Crippen molar-refractivity contribution in [3.63, 3.8) is 0 Å². The summed E-state index contributed by atoms with van der Waals surface area (Å²) in [6, 6.07) is 20.6. The normalized spacial score (nSPS) is 11.1. The van der Waals surface area contributed by atoms with Crippen LogP contribution in [-0.2, 0) is 23.9 Å². The molecule has 0 aliphatic carbocycles. The lowest BCUT2D eigenvalue weighted by Gasteiger charge is -2.18. The number of azo groups is 2. The third-order valence-corrected chi connectivity index (χ3v) is 11.4. The largest absolute Gasteiger partial charge is 0.461 e. The molecule has 0 aliphatic rings. The molecule has 4 N–H and O–H groups in total. The first kappa shape index (κ1) is 57.4. The highest BCUT2D eigenvalue weighted by molar-refractivity contribution is 6.39. The predicted molar refractivity (Wildman–Crippen MR) is 290 cm³/mol. The third-order valence-electron chi connectivity index (χ3n) is 11.4. The Morgan fingerprint density at radius 2 is 1.39 bits per heavy atom. The quantitative estimate of drug-likeness (QED) is 0.0192. The van der Waals surface area contributed by atoms with Crippen LogP contribution in [-0.4, -0.2) is 90.1 Å². The molecule has 1 amide bonds. The number of hydrogen-bond acceptors (Lipinski definition) is 22. The number of nitriles is 4. The van der Waals surface area contributed by atoms with Crippen LogP contribution in [0.1, 0.15) is 69.6 Å². The average molecular weight is 1060 g/mol. The maximum Gasteiger partial charge on any atom is 0.330 e. The van der Waals surface area contributed by atoms with Gasteiger partial charge in [-0.05, 0) is 89.4 Å². The minimum Gasteiger partial charge on any atom is -0.461 e. The molecule has 25 nitrogen and oxygen atoms in total. The summed E-state index contributed by atoms with van der Waals surface area (Å²) in [4.78, 5) is 51.4. The number of ketones is 1. The van der Waals surface area contributed by atoms with Gasteiger partial charge in [-0.3, -0.25) is 9.59 Å². The van der Waals surface area contributed by atoms with Crippen LogP contribution in [0.3, 0.4) is 0 Å². The Kier molecular flexibility index (Phi) is 19.3. The number of hydrogen-bond donors (Lipinski definition) is 4. The molecule has 0 fully saturated rings. The van der Waals surface area contributed by atoms with Crippen LogP contribution in [0.2, 0.25) is 0 Å². The number of nitrogens with zero attached hydrogens (tertiary/aromatic N) is 16. The van der Waals surface area contributed by atoms with E-state index in [0.717, 1.165) is 28.5 Å². The first-order valence-electron chi connectivity index (χ1n) is 23.9. The van der Waals surface area contributed by atoms with Crippen LogP contribution < -0.4 is 21.3 Å². The molecule has 5 aromatic heterocycles. The van der Waals surface area contributed by atoms with Crippen LogP contribution >= 0.6 is 0 Å². The number of carbonyl (C=O) groups is 3. The lowest BCUT2D eigenvalue weighted by Crippen LogP contribution is -2.22. The van der Waals surface area contributed by atoms with Gasteiger partial charge in [-0.2, -0.15) is 21.0 Å². The zero-order valence-electron chi connectivity index (χ0n) is 44.5. The Hall–Kier alpha value is -10.9. The fourth-order valence-corrected chi connectivity index (χ4v) is 7.61. The lowest BCUT2D eigenvalue weighted by molar-refractivity contribution is -0.137. The van der Waals surface area contributed by atoms with Crippen LogP contribution in [0, 0.1) is 86.9 Å². The van der Waals surface area contributed by atoms with Gasteiger partial charge in [-0.15, -0.1) is 30.7 Å². The van der Waals surface area contributed by atoms with Crippen LogP contribution in [0.15, 0.2) is 100 Å². The van der Waals surface area contributed by atoms with Gasteiger partial charge in [0, 0.05) is 55.4 Å². The molecule has 1 unspecified atom stereocenters. The Morgan fingerprint density at radius 1 is 0.785 bits per heavy atom. The van der Waals surface area contributed by atoms with Gasteiger partial charge in [0.2, 0.25) is 17.4 Å². The van der Waals surface area contributed by atoms with E-state index in [1.807, 2.05) is 39.8 Å². The van der Waals surface area contributed by atoms with E-state index in [1.54, 1.807) is 64.4 Å². The van der Waals surface area contributed by atoms with Crippen molar-refractivity contribution in [3.05, 3.63) is 136 Å². The highest BCUT2D eigenvalue weighted by Crippen LogP contribution is 2.38. The summed E-state index contributed by atoms with van der Waals surface area (Å²) in [6.07, 6.45) is 6.97. The standard InChI is InChI=1S/C29H27N11O2.C25H25N9O3/c1-6-24(41)42-10-9-33-29-26(37-38-27-21(13-30)15-40(39-27)23-7-8-32-16-34-23)20(5)22(14-31)28(36-29)35-25-18(3)11-17(2)12-19(25)4;1-14(13-37-5)28-24-22(15(2)21(11-27)16(3)29-24)31-32-23-18(10-26)12-34(33-23)20-8-6-19(7-9-20)30-25(36)17(4)35/h6-8,11-12,15-16H,1,9-10H2,2-5H3,(H2,33,35,36);6-9,12,14H,13H2,1-5H3,(H,28,29)(H,30,36). The van der Waals surface area contributed by atoms with Gasteiger partial charge in [0.25, 0.3) is 5.91 Å². The smallest absolute Gasteiger partial charge is 0.330 e. The van der Waals surface area contributed by atoms with E-state index in [2.05, 4.69) is 103 Å². The topological polar surface area (TPSA) is 350 Å². The Bertz CT molecular complexity index is 3660. The number of Topliss-reactive ketones (excluding diaryl/α,β-unsaturated/α-hetero) is 1. The van der Waals surface area contributed by atoms with E-state index in [-0.39, 0.29) is 59.0 Å². The lowest BCUT2D eigenvalue weighted by atomic mass is 10.0. The number of amides is 1. The Morgan fingerprint density at radius 3 is 1.96 bits per heavy atom. The third kappa shape index (κ3) is 14.3. The summed E-state index contributed by atoms with van der Waals surface area (Å²) in [7, 11) is 1.59. The fraction of sp³-hybridized carbons (Fsp3) is 0.241. The molecule has 0 saturated heterocycles. The first-order chi connectivity index (χ1) is 37.9. The highest BCUT2D eigenvalue weighted by Gasteiger charge is 2.21. The maximum atomic E-state index is 11.6. The molecule has 25 heteroatoms. The molecule has 0 radical (unpaired) electrons. The zero-order valence-corrected chi connectivity index (χ0v) is 44.5. The van der Waals surface area contributed by atoms with Gasteiger partial charge in [-0.25, -0.2) is 34.1 Å². The molecule has 79 heavy (non-hydrogen) atoms. The van der Waals surface area contributed by atoms with Gasteiger partial charge in [-0.1, -0.05) is 24.3 Å². The molecule has 0 bridgehead atoms. The van der Waals surface area contributed by atoms with Crippen molar-refractivity contribution in [1.29, 1.82) is 21.0 Å². The molecule has 1 atom stereocenters. The maximum absolute atomic E-state index is 11.6. The van der Waals surface area contributed by atoms with Crippen molar-refractivity contribution in [2.24, 2.45) is 20.5 Å². The highest BCUT2D eigenvalue weighted by atomic mass is 16.5. The molecular weight excluding hydrogens is 1010 g/mol. The van der Waals surface area contributed by atoms with Gasteiger partial charge in [0.1, 0.15) is 59.7 Å². The molecular formula is C54H52N20O5. The molecule has 398 valence electrons. The summed E-state index contributed by atoms with van der Waals surface area (Å²) in [5.74, 6) is -0.270. The van der Waals surface area contributed by atoms with Crippen molar-refractivity contribution in [2.45, 2.75) is 61.4 Å². The summed E-state index contributed by atoms with van der Waals surface area (Å²) < 4.78 is 13.1. The van der Waals surface area contributed by atoms with Crippen molar-refractivity contribution in [2.75, 3.05) is 48.1 Å². The van der Waals surface area contributed by atoms with Gasteiger partial charge in [0.05, 0.1) is 48.1 Å². The number of carbonyl (C=O) groups excluding carboxylic acids is 3. The number of methoxy groups -OCH3 is 1. The van der Waals surface area contributed by atoms with Gasteiger partial charge in [0.15, 0.2) is 23.3 Å². The molecule has 0 aliphatic heterocycles. The van der Waals surface area contributed by atoms with Crippen LogP contribution in [0.4, 0.5) is 51.8 Å². The number of benzene rings is 2. The average Bonchev–Trinajstić information content (AvgIpc) is 4.06. The number of aryl methyl sites for hydroxylation is 4. The predicted octanol–water partition coefficient (Wildman–Crippen LogP) is 9.35. The summed E-state index contributed by atoms with van der Waals surface area (Å²) >= 11 is 0.